The summed E-state index contributed by atoms with van der Waals surface area (Å²) in [6, 6.07) is 14.1. The fourth-order valence-corrected chi connectivity index (χ4v) is 2.20. The monoisotopic (exact) mass is 361 g/mol. The smallest absolute Gasteiger partial charge is 0.253 e. The molecule has 0 saturated carbocycles. The van der Waals surface area contributed by atoms with Gasteiger partial charge in [-0.2, -0.15) is 0 Å². The van der Waals surface area contributed by atoms with Gasteiger partial charge in [-0.3, -0.25) is 9.59 Å². The highest BCUT2D eigenvalue weighted by molar-refractivity contribution is 6.04. The van der Waals surface area contributed by atoms with Crippen LogP contribution in [0, 0.1) is 5.92 Å². The molecule has 0 heterocycles. The summed E-state index contributed by atoms with van der Waals surface area (Å²) in [4.78, 5) is 24.5. The number of hydrogen-bond acceptors (Lipinski definition) is 3. The molecule has 0 spiro atoms. The summed E-state index contributed by atoms with van der Waals surface area (Å²) >= 11 is 0. The summed E-state index contributed by atoms with van der Waals surface area (Å²) in [5, 5.41) is 5.67. The molecule has 0 fully saturated rings. The highest BCUT2D eigenvalue weighted by Gasteiger charge is 2.13. The van der Waals surface area contributed by atoms with E-state index in [1.165, 1.54) is 0 Å². The minimum absolute atomic E-state index is 0. The van der Waals surface area contributed by atoms with Gasteiger partial charge in [0.25, 0.3) is 5.91 Å². The Balaban J connectivity index is 0.00000312. The molecule has 0 aliphatic heterocycles. The molecule has 134 valence electrons. The largest absolute Gasteiger partial charge is 0.399 e. The van der Waals surface area contributed by atoms with Crippen molar-refractivity contribution in [3.63, 3.8) is 0 Å². The van der Waals surface area contributed by atoms with E-state index in [4.69, 9.17) is 5.73 Å². The Morgan fingerprint density at radius 1 is 1.04 bits per heavy atom. The fraction of sp³-hybridized carbons (Fsp3) is 0.263. The van der Waals surface area contributed by atoms with Crippen LogP contribution in [-0.2, 0) is 11.2 Å². The number of nitrogens with two attached hydrogens (primary N) is 1. The molecular weight excluding hydrogens is 338 g/mol. The Morgan fingerprint density at radius 2 is 1.68 bits per heavy atom. The van der Waals surface area contributed by atoms with Crippen LogP contribution in [0.25, 0.3) is 0 Å². The number of para-hydroxylation sites is 1. The maximum absolute atomic E-state index is 12.3. The van der Waals surface area contributed by atoms with Gasteiger partial charge in [0.1, 0.15) is 0 Å². The third kappa shape index (κ3) is 6.47. The molecule has 6 heteroatoms. The molecule has 2 amide bonds. The van der Waals surface area contributed by atoms with E-state index < -0.39 is 0 Å². The van der Waals surface area contributed by atoms with Crippen LogP contribution >= 0.6 is 12.4 Å². The molecule has 25 heavy (non-hydrogen) atoms. The van der Waals surface area contributed by atoms with Crippen LogP contribution in [-0.4, -0.2) is 18.4 Å². The predicted octanol–water partition coefficient (Wildman–Crippen LogP) is 3.26. The second-order valence-corrected chi connectivity index (χ2v) is 6.12. The number of anilines is 2. The van der Waals surface area contributed by atoms with Crippen molar-refractivity contribution < 1.29 is 9.59 Å². The normalized spacial score (nSPS) is 10.0. The van der Waals surface area contributed by atoms with Crippen molar-refractivity contribution in [1.82, 2.24) is 5.32 Å². The molecule has 0 aliphatic carbocycles. The van der Waals surface area contributed by atoms with E-state index in [-0.39, 0.29) is 30.6 Å². The molecule has 0 aromatic heterocycles. The first kappa shape index (κ1) is 20.5. The number of rotatable bonds is 6. The molecule has 4 N–H and O–H groups in total. The second-order valence-electron chi connectivity index (χ2n) is 6.12. The van der Waals surface area contributed by atoms with Crippen molar-refractivity contribution in [1.29, 1.82) is 0 Å². The van der Waals surface area contributed by atoms with Gasteiger partial charge in [-0.15, -0.1) is 12.4 Å². The lowest BCUT2D eigenvalue weighted by molar-refractivity contribution is -0.115. The zero-order valence-electron chi connectivity index (χ0n) is 14.4. The summed E-state index contributed by atoms with van der Waals surface area (Å²) in [6.07, 6.45) is 0.224. The highest BCUT2D eigenvalue weighted by Crippen LogP contribution is 2.16. The lowest BCUT2D eigenvalue weighted by Gasteiger charge is -2.12. The number of hydrogen-bond donors (Lipinski definition) is 3. The molecule has 2 rings (SSSR count). The Bertz CT molecular complexity index is 715. The van der Waals surface area contributed by atoms with Crippen molar-refractivity contribution in [3.8, 4) is 0 Å². The Hall–Kier alpha value is -2.53. The van der Waals surface area contributed by atoms with Crippen molar-refractivity contribution in [2.75, 3.05) is 17.6 Å². The zero-order chi connectivity index (χ0) is 17.5. The fourth-order valence-electron chi connectivity index (χ4n) is 2.20. The molecule has 0 atom stereocenters. The predicted molar refractivity (Wildman–Crippen MR) is 104 cm³/mol. The standard InChI is InChI=1S/C19H23N3O2.ClH/c1-13(2)12-21-19(24)16-5-3-4-6-17(16)22-18(23)11-14-7-9-15(20)10-8-14;/h3-10,13H,11-12,20H2,1-2H3,(H,21,24)(H,22,23);1H. The van der Waals surface area contributed by atoms with E-state index in [1.807, 2.05) is 26.0 Å². The Kier molecular flexibility index (Phi) is 7.95. The first-order valence-electron chi connectivity index (χ1n) is 7.97. The summed E-state index contributed by atoms with van der Waals surface area (Å²) in [5.41, 5.74) is 8.14. The number of nitrogens with one attached hydrogen (secondary N) is 2. The van der Waals surface area contributed by atoms with Gasteiger partial charge in [0.05, 0.1) is 17.7 Å². The molecule has 0 unspecified atom stereocenters. The quantitative estimate of drug-likeness (QED) is 0.690. The van der Waals surface area contributed by atoms with Gasteiger partial charge in [0.2, 0.25) is 5.91 Å². The maximum Gasteiger partial charge on any atom is 0.253 e. The second kappa shape index (κ2) is 9.69. The summed E-state index contributed by atoms with van der Waals surface area (Å²) in [5.74, 6) is -0.00261. The van der Waals surface area contributed by atoms with E-state index in [9.17, 15) is 9.59 Å². The van der Waals surface area contributed by atoms with Crippen LogP contribution in [0.3, 0.4) is 0 Å². The Labute approximate surface area is 154 Å². The number of benzene rings is 2. The van der Waals surface area contributed by atoms with Crippen LogP contribution in [0.1, 0.15) is 29.8 Å². The van der Waals surface area contributed by atoms with E-state index in [2.05, 4.69) is 10.6 Å². The third-order valence-electron chi connectivity index (χ3n) is 3.46. The molecule has 5 nitrogen and oxygen atoms in total. The van der Waals surface area contributed by atoms with E-state index in [1.54, 1.807) is 36.4 Å². The first-order valence-corrected chi connectivity index (χ1v) is 7.97. The lowest BCUT2D eigenvalue weighted by Crippen LogP contribution is -2.28. The molecular formula is C19H24ClN3O2. The maximum atomic E-state index is 12.3. The molecule has 0 radical (unpaired) electrons. The number of carbonyl (C=O) groups excluding carboxylic acids is 2. The number of nitrogen functional groups attached to an aromatic ring is 1. The van der Waals surface area contributed by atoms with E-state index >= 15 is 0 Å². The van der Waals surface area contributed by atoms with E-state index in [0.29, 0.717) is 29.4 Å². The van der Waals surface area contributed by atoms with Gasteiger partial charge in [0.15, 0.2) is 0 Å². The number of carbonyl (C=O) groups is 2. The minimum Gasteiger partial charge on any atom is -0.399 e. The molecule has 0 bridgehead atoms. The van der Waals surface area contributed by atoms with Crippen LogP contribution in [0.15, 0.2) is 48.5 Å². The molecule has 0 aliphatic rings. The van der Waals surface area contributed by atoms with Gasteiger partial charge in [0, 0.05) is 12.2 Å². The highest BCUT2D eigenvalue weighted by atomic mass is 35.5. The average Bonchev–Trinajstić information content (AvgIpc) is 2.55. The van der Waals surface area contributed by atoms with Crippen LogP contribution in [0.4, 0.5) is 11.4 Å². The van der Waals surface area contributed by atoms with Crippen LogP contribution in [0.2, 0.25) is 0 Å². The van der Waals surface area contributed by atoms with Crippen molar-refractivity contribution in [2.24, 2.45) is 5.92 Å². The zero-order valence-corrected chi connectivity index (χ0v) is 15.2. The number of halogens is 1. The molecule has 0 saturated heterocycles. The van der Waals surface area contributed by atoms with Crippen molar-refractivity contribution in [3.05, 3.63) is 59.7 Å². The Morgan fingerprint density at radius 3 is 2.32 bits per heavy atom. The van der Waals surface area contributed by atoms with Gasteiger partial charge in [-0.25, -0.2) is 0 Å². The average molecular weight is 362 g/mol. The summed E-state index contributed by atoms with van der Waals surface area (Å²) in [7, 11) is 0. The van der Waals surface area contributed by atoms with Crippen LogP contribution < -0.4 is 16.4 Å². The summed E-state index contributed by atoms with van der Waals surface area (Å²) in [6.45, 7) is 4.65. The first-order chi connectivity index (χ1) is 11.5. The van der Waals surface area contributed by atoms with Crippen LogP contribution in [0.5, 0.6) is 0 Å². The van der Waals surface area contributed by atoms with E-state index in [0.717, 1.165) is 5.56 Å². The van der Waals surface area contributed by atoms with Gasteiger partial charge >= 0.3 is 0 Å². The van der Waals surface area contributed by atoms with Gasteiger partial charge in [-0.05, 0) is 35.7 Å². The van der Waals surface area contributed by atoms with Gasteiger partial charge < -0.3 is 16.4 Å². The SMILES string of the molecule is CC(C)CNC(=O)c1ccccc1NC(=O)Cc1ccc(N)cc1.Cl. The minimum atomic E-state index is -0.188. The third-order valence-corrected chi connectivity index (χ3v) is 3.46. The molecule has 2 aromatic rings. The topological polar surface area (TPSA) is 84.2 Å². The van der Waals surface area contributed by atoms with Crippen molar-refractivity contribution >= 4 is 35.6 Å². The number of amides is 2. The van der Waals surface area contributed by atoms with Gasteiger partial charge in [-0.1, -0.05) is 38.1 Å². The summed E-state index contributed by atoms with van der Waals surface area (Å²) < 4.78 is 0. The lowest BCUT2D eigenvalue weighted by atomic mass is 10.1. The molecule has 2 aromatic carbocycles. The van der Waals surface area contributed by atoms with Crippen molar-refractivity contribution in [2.45, 2.75) is 20.3 Å².